The van der Waals surface area contributed by atoms with Crippen LogP contribution in [0, 0.1) is 17.0 Å². The number of nitro groups is 1. The van der Waals surface area contributed by atoms with E-state index < -0.39 is 10.9 Å². The number of aliphatic carboxylic acids is 1. The number of hydrogen-bond donors (Lipinski definition) is 1. The first-order valence-corrected chi connectivity index (χ1v) is 5.52. The number of anilines is 1. The molecule has 0 aliphatic carbocycles. The maximum atomic E-state index is 10.9. The molecule has 0 bridgehead atoms. The molecule has 0 atom stereocenters. The number of carboxylic acid groups (broad SMARTS) is 1. The Morgan fingerprint density at radius 2 is 2.22 bits per heavy atom. The van der Waals surface area contributed by atoms with Crippen LogP contribution < -0.4 is 4.90 Å². The van der Waals surface area contributed by atoms with Gasteiger partial charge in [-0.15, -0.1) is 0 Å². The summed E-state index contributed by atoms with van der Waals surface area (Å²) in [7, 11) is 1.67. The van der Waals surface area contributed by atoms with E-state index in [-0.39, 0.29) is 18.8 Å². The van der Waals surface area contributed by atoms with Gasteiger partial charge in [-0.25, -0.2) is 0 Å². The zero-order chi connectivity index (χ0) is 13.9. The maximum Gasteiger partial charge on any atom is 0.406 e. The van der Waals surface area contributed by atoms with Crippen molar-refractivity contribution in [3.05, 3.63) is 15.9 Å². The third-order valence-corrected chi connectivity index (χ3v) is 2.72. The highest BCUT2D eigenvalue weighted by Crippen LogP contribution is 2.27. The van der Waals surface area contributed by atoms with E-state index in [0.29, 0.717) is 18.2 Å². The molecule has 0 amide bonds. The maximum absolute atomic E-state index is 10.9. The topological polar surface area (TPSA) is 102 Å². The Kier molecular flexibility index (Phi) is 4.24. The van der Waals surface area contributed by atoms with E-state index in [9.17, 15) is 14.9 Å². The molecule has 0 aliphatic heterocycles. The quantitative estimate of drug-likeness (QED) is 0.600. The Balaban J connectivity index is 3.11. The van der Waals surface area contributed by atoms with Gasteiger partial charge in [-0.3, -0.25) is 9.36 Å². The zero-order valence-corrected chi connectivity index (χ0v) is 10.6. The predicted octanol–water partition coefficient (Wildman–Crippen LogP) is 0.938. The fourth-order valence-electron chi connectivity index (χ4n) is 1.70. The Labute approximate surface area is 104 Å². The summed E-state index contributed by atoms with van der Waals surface area (Å²) < 4.78 is 1.60. The molecule has 0 saturated heterocycles. The molecule has 8 nitrogen and oxygen atoms in total. The van der Waals surface area contributed by atoms with Gasteiger partial charge in [-0.1, -0.05) is 0 Å². The van der Waals surface area contributed by atoms with Gasteiger partial charge in [0, 0.05) is 27.1 Å². The Hall–Kier alpha value is -2.12. The molecule has 1 rings (SSSR count). The zero-order valence-electron chi connectivity index (χ0n) is 10.6. The molecule has 1 aromatic heterocycles. The molecular formula is C10H16N4O4. The average Bonchev–Trinajstić information content (AvgIpc) is 2.58. The van der Waals surface area contributed by atoms with Crippen molar-refractivity contribution in [2.24, 2.45) is 7.05 Å². The van der Waals surface area contributed by atoms with Crippen LogP contribution >= 0.6 is 0 Å². The lowest BCUT2D eigenvalue weighted by molar-refractivity contribution is -0.388. The van der Waals surface area contributed by atoms with E-state index in [4.69, 9.17) is 5.11 Å². The molecule has 1 aromatic rings. The molecule has 1 heterocycles. The van der Waals surface area contributed by atoms with Gasteiger partial charge in [-0.05, 0) is 16.8 Å². The van der Waals surface area contributed by atoms with Gasteiger partial charge in [0.2, 0.25) is 11.6 Å². The minimum Gasteiger partial charge on any atom is -0.481 e. The van der Waals surface area contributed by atoms with Crippen molar-refractivity contribution in [1.29, 1.82) is 0 Å². The SMILES string of the molecule is CCN(CCC(=O)O)c1c([N+](=O)[O-])nc(C)n1C. The fraction of sp³-hybridized carbons (Fsp3) is 0.600. The summed E-state index contributed by atoms with van der Waals surface area (Å²) in [5.74, 6) is -0.302. The largest absolute Gasteiger partial charge is 0.481 e. The minimum absolute atomic E-state index is 0.0742. The van der Waals surface area contributed by atoms with E-state index in [2.05, 4.69) is 4.98 Å². The van der Waals surface area contributed by atoms with Crippen LogP contribution in [0.15, 0.2) is 0 Å². The summed E-state index contributed by atoms with van der Waals surface area (Å²) >= 11 is 0. The standard InChI is InChI=1S/C10H16N4O4/c1-4-13(6-5-8(15)16)10-9(14(17)18)11-7(2)12(10)3/h4-6H2,1-3H3,(H,15,16). The number of hydrogen-bond acceptors (Lipinski definition) is 5. The number of nitrogens with zero attached hydrogens (tertiary/aromatic N) is 4. The van der Waals surface area contributed by atoms with Crippen LogP contribution in [0.2, 0.25) is 0 Å². The summed E-state index contributed by atoms with van der Waals surface area (Å²) in [6.07, 6.45) is -0.0742. The third kappa shape index (κ3) is 2.76. The van der Waals surface area contributed by atoms with Crippen LogP contribution in [-0.2, 0) is 11.8 Å². The van der Waals surface area contributed by atoms with Gasteiger partial charge in [0.25, 0.3) is 0 Å². The van der Waals surface area contributed by atoms with Crippen molar-refractivity contribution in [3.63, 3.8) is 0 Å². The molecular weight excluding hydrogens is 240 g/mol. The van der Waals surface area contributed by atoms with Gasteiger partial charge < -0.3 is 20.1 Å². The number of aromatic nitrogens is 2. The van der Waals surface area contributed by atoms with Gasteiger partial charge in [0.15, 0.2) is 0 Å². The second kappa shape index (κ2) is 5.48. The molecule has 0 aromatic carbocycles. The van der Waals surface area contributed by atoms with Crippen LogP contribution in [-0.4, -0.2) is 38.6 Å². The summed E-state index contributed by atoms with van der Waals surface area (Å²) in [6, 6.07) is 0. The van der Waals surface area contributed by atoms with E-state index in [1.807, 2.05) is 6.92 Å². The second-order valence-electron chi connectivity index (χ2n) is 3.85. The van der Waals surface area contributed by atoms with Crippen molar-refractivity contribution in [2.45, 2.75) is 20.3 Å². The van der Waals surface area contributed by atoms with Gasteiger partial charge in [-0.2, -0.15) is 0 Å². The Bertz CT molecular complexity index is 469. The predicted molar refractivity (Wildman–Crippen MR) is 64.7 cm³/mol. The Morgan fingerprint density at radius 1 is 1.61 bits per heavy atom. The van der Waals surface area contributed by atoms with Gasteiger partial charge >= 0.3 is 11.8 Å². The van der Waals surface area contributed by atoms with Gasteiger partial charge in [0.1, 0.15) is 0 Å². The highest BCUT2D eigenvalue weighted by atomic mass is 16.6. The summed E-state index contributed by atoms with van der Waals surface area (Å²) in [5, 5.41) is 19.6. The summed E-state index contributed by atoms with van der Waals surface area (Å²) in [4.78, 5) is 26.5. The highest BCUT2D eigenvalue weighted by Gasteiger charge is 2.27. The first kappa shape index (κ1) is 13.9. The number of carbonyl (C=O) groups is 1. The molecule has 0 unspecified atom stereocenters. The first-order chi connectivity index (χ1) is 8.38. The molecule has 0 fully saturated rings. The van der Waals surface area contributed by atoms with Crippen molar-refractivity contribution < 1.29 is 14.8 Å². The van der Waals surface area contributed by atoms with Crippen LogP contribution in [0.5, 0.6) is 0 Å². The smallest absolute Gasteiger partial charge is 0.406 e. The van der Waals surface area contributed by atoms with Crippen molar-refractivity contribution in [1.82, 2.24) is 9.55 Å². The van der Waals surface area contributed by atoms with Crippen LogP contribution in [0.4, 0.5) is 11.6 Å². The number of rotatable bonds is 6. The van der Waals surface area contributed by atoms with Crippen LogP contribution in [0.3, 0.4) is 0 Å². The lowest BCUT2D eigenvalue weighted by Crippen LogP contribution is -2.28. The highest BCUT2D eigenvalue weighted by molar-refractivity contribution is 5.68. The Morgan fingerprint density at radius 3 is 2.67 bits per heavy atom. The molecule has 0 saturated carbocycles. The molecule has 1 N–H and O–H groups in total. The van der Waals surface area contributed by atoms with Gasteiger partial charge in [0.05, 0.1) is 6.42 Å². The monoisotopic (exact) mass is 256 g/mol. The van der Waals surface area contributed by atoms with E-state index >= 15 is 0 Å². The lowest BCUT2D eigenvalue weighted by atomic mass is 10.3. The van der Waals surface area contributed by atoms with E-state index in [0.717, 1.165) is 0 Å². The molecule has 0 aliphatic rings. The lowest BCUT2D eigenvalue weighted by Gasteiger charge is -2.21. The summed E-state index contributed by atoms with van der Waals surface area (Å²) in [6.45, 7) is 4.17. The van der Waals surface area contributed by atoms with E-state index in [1.54, 1.807) is 23.4 Å². The normalized spacial score (nSPS) is 10.4. The second-order valence-corrected chi connectivity index (χ2v) is 3.85. The van der Waals surface area contributed by atoms with Crippen LogP contribution in [0.25, 0.3) is 0 Å². The molecule has 100 valence electrons. The first-order valence-electron chi connectivity index (χ1n) is 5.52. The van der Waals surface area contributed by atoms with Crippen LogP contribution in [0.1, 0.15) is 19.2 Å². The summed E-state index contributed by atoms with van der Waals surface area (Å²) in [5.41, 5.74) is 0. The van der Waals surface area contributed by atoms with Crippen molar-refractivity contribution in [3.8, 4) is 0 Å². The fourth-order valence-corrected chi connectivity index (χ4v) is 1.70. The van der Waals surface area contributed by atoms with Crippen molar-refractivity contribution in [2.75, 3.05) is 18.0 Å². The molecule has 8 heteroatoms. The molecule has 18 heavy (non-hydrogen) atoms. The number of carboxylic acids is 1. The number of imidazole rings is 1. The average molecular weight is 256 g/mol. The van der Waals surface area contributed by atoms with Crippen molar-refractivity contribution >= 4 is 17.6 Å². The third-order valence-electron chi connectivity index (χ3n) is 2.72. The number of aryl methyl sites for hydroxylation is 1. The molecule has 0 spiro atoms. The van der Waals surface area contributed by atoms with E-state index in [1.165, 1.54) is 0 Å². The molecule has 0 radical (unpaired) electrons. The minimum atomic E-state index is -0.935.